The molecule has 0 saturated heterocycles. The Morgan fingerprint density at radius 2 is 2.11 bits per heavy atom. The monoisotopic (exact) mass is 285 g/mol. The third-order valence-corrected chi connectivity index (χ3v) is 3.29. The predicted octanol–water partition coefficient (Wildman–Crippen LogP) is 1.69. The molecular weight excluding hydrogens is 266 g/mol. The lowest BCUT2D eigenvalue weighted by Gasteiger charge is -2.16. The van der Waals surface area contributed by atoms with Gasteiger partial charge < -0.3 is 9.64 Å². The van der Waals surface area contributed by atoms with Crippen LogP contribution in [0.5, 0.6) is 0 Å². The van der Waals surface area contributed by atoms with Crippen LogP contribution >= 0.6 is 11.5 Å². The third kappa shape index (κ3) is 4.27. The second kappa shape index (κ2) is 7.18. The first kappa shape index (κ1) is 15.6. The fourth-order valence-corrected chi connectivity index (χ4v) is 2.31. The predicted molar refractivity (Wildman–Crippen MR) is 72.2 cm³/mol. The van der Waals surface area contributed by atoms with Crippen LogP contribution in [-0.2, 0) is 9.53 Å². The van der Waals surface area contributed by atoms with Crippen molar-refractivity contribution in [3.63, 3.8) is 0 Å². The average molecular weight is 285 g/mol. The molecule has 0 aromatic carbocycles. The van der Waals surface area contributed by atoms with Crippen molar-refractivity contribution in [1.29, 1.82) is 0 Å². The van der Waals surface area contributed by atoms with Crippen molar-refractivity contribution in [3.8, 4) is 0 Å². The van der Waals surface area contributed by atoms with Gasteiger partial charge in [0.1, 0.15) is 4.88 Å². The first-order chi connectivity index (χ1) is 8.97. The average Bonchev–Trinajstić information content (AvgIpc) is 2.84. The molecule has 0 atom stereocenters. The Morgan fingerprint density at radius 1 is 1.42 bits per heavy atom. The van der Waals surface area contributed by atoms with E-state index in [2.05, 4.69) is 9.59 Å². The van der Waals surface area contributed by atoms with Gasteiger partial charge in [0.15, 0.2) is 0 Å². The van der Waals surface area contributed by atoms with E-state index >= 15 is 0 Å². The second-order valence-electron chi connectivity index (χ2n) is 4.42. The molecule has 0 bridgehead atoms. The van der Waals surface area contributed by atoms with Gasteiger partial charge in [-0.05, 0) is 24.4 Å². The Labute approximate surface area is 116 Å². The zero-order valence-electron chi connectivity index (χ0n) is 11.7. The smallest absolute Gasteiger partial charge is 0.307 e. The molecule has 1 aromatic heterocycles. The molecule has 1 rings (SSSR count). The van der Waals surface area contributed by atoms with Gasteiger partial charge in [0.05, 0.1) is 18.7 Å². The molecule has 7 heteroatoms. The van der Waals surface area contributed by atoms with Crippen molar-refractivity contribution >= 4 is 23.4 Å². The Hall–Kier alpha value is -1.50. The van der Waals surface area contributed by atoms with E-state index in [1.54, 1.807) is 14.0 Å². The molecule has 0 saturated carbocycles. The Bertz CT molecular complexity index is 445. The van der Waals surface area contributed by atoms with Crippen LogP contribution in [0.3, 0.4) is 0 Å². The minimum Gasteiger partial charge on any atom is -0.466 e. The van der Waals surface area contributed by atoms with Crippen LogP contribution in [0.15, 0.2) is 0 Å². The van der Waals surface area contributed by atoms with Gasteiger partial charge in [-0.2, -0.15) is 0 Å². The van der Waals surface area contributed by atoms with Crippen LogP contribution < -0.4 is 0 Å². The van der Waals surface area contributed by atoms with Gasteiger partial charge in [0.25, 0.3) is 5.91 Å². The zero-order chi connectivity index (χ0) is 14.4. The van der Waals surface area contributed by atoms with E-state index < -0.39 is 0 Å². The SMILES string of the molecule is CCOC(=O)CCN(C)C(=O)c1snnc1C(C)C. The number of rotatable bonds is 6. The summed E-state index contributed by atoms with van der Waals surface area (Å²) < 4.78 is 8.65. The van der Waals surface area contributed by atoms with Crippen LogP contribution in [0.1, 0.15) is 48.5 Å². The lowest BCUT2D eigenvalue weighted by atomic mass is 10.1. The molecule has 1 heterocycles. The maximum atomic E-state index is 12.2. The topological polar surface area (TPSA) is 72.4 Å². The van der Waals surface area contributed by atoms with Gasteiger partial charge >= 0.3 is 5.97 Å². The molecule has 0 radical (unpaired) electrons. The summed E-state index contributed by atoms with van der Waals surface area (Å²) in [5.41, 5.74) is 0.706. The number of ether oxygens (including phenoxy) is 1. The number of nitrogens with zero attached hydrogens (tertiary/aromatic N) is 3. The highest BCUT2D eigenvalue weighted by Crippen LogP contribution is 2.21. The zero-order valence-corrected chi connectivity index (χ0v) is 12.5. The molecular formula is C12H19N3O3S. The maximum Gasteiger partial charge on any atom is 0.307 e. The molecule has 1 aromatic rings. The van der Waals surface area contributed by atoms with E-state index in [0.717, 1.165) is 11.5 Å². The number of amides is 1. The summed E-state index contributed by atoms with van der Waals surface area (Å²) in [5, 5.41) is 3.97. The first-order valence-corrected chi connectivity index (χ1v) is 6.98. The van der Waals surface area contributed by atoms with Crippen LogP contribution in [0.4, 0.5) is 0 Å². The van der Waals surface area contributed by atoms with E-state index in [1.807, 2.05) is 13.8 Å². The number of carbonyl (C=O) groups is 2. The molecule has 19 heavy (non-hydrogen) atoms. The van der Waals surface area contributed by atoms with E-state index in [9.17, 15) is 9.59 Å². The number of esters is 1. The molecule has 0 aliphatic carbocycles. The summed E-state index contributed by atoms with van der Waals surface area (Å²) in [7, 11) is 1.66. The van der Waals surface area contributed by atoms with Gasteiger partial charge in [0.2, 0.25) is 0 Å². The van der Waals surface area contributed by atoms with E-state index in [0.29, 0.717) is 23.7 Å². The molecule has 0 spiro atoms. The van der Waals surface area contributed by atoms with Gasteiger partial charge in [0, 0.05) is 13.6 Å². The summed E-state index contributed by atoms with van der Waals surface area (Å²) >= 11 is 1.09. The van der Waals surface area contributed by atoms with Gasteiger partial charge in [-0.25, -0.2) is 0 Å². The fourth-order valence-electron chi connectivity index (χ4n) is 1.49. The lowest BCUT2D eigenvalue weighted by Crippen LogP contribution is -2.29. The highest BCUT2D eigenvalue weighted by molar-refractivity contribution is 7.08. The summed E-state index contributed by atoms with van der Waals surface area (Å²) in [6.45, 7) is 6.36. The highest BCUT2D eigenvalue weighted by Gasteiger charge is 2.22. The highest BCUT2D eigenvalue weighted by atomic mass is 32.1. The Kier molecular flexibility index (Phi) is 5.88. The number of aromatic nitrogens is 2. The molecule has 0 N–H and O–H groups in total. The Morgan fingerprint density at radius 3 is 2.68 bits per heavy atom. The van der Waals surface area contributed by atoms with E-state index in [4.69, 9.17) is 4.74 Å². The van der Waals surface area contributed by atoms with E-state index in [1.165, 1.54) is 4.90 Å². The summed E-state index contributed by atoms with van der Waals surface area (Å²) in [6.07, 6.45) is 0.194. The molecule has 106 valence electrons. The first-order valence-electron chi connectivity index (χ1n) is 6.20. The standard InChI is InChI=1S/C12H19N3O3S/c1-5-18-9(16)6-7-15(4)12(17)11-10(8(2)3)13-14-19-11/h8H,5-7H2,1-4H3. The largest absolute Gasteiger partial charge is 0.466 e. The van der Waals surface area contributed by atoms with Crippen molar-refractivity contribution in [2.75, 3.05) is 20.2 Å². The van der Waals surface area contributed by atoms with Gasteiger partial charge in [-0.3, -0.25) is 9.59 Å². The van der Waals surface area contributed by atoms with Crippen molar-refractivity contribution < 1.29 is 14.3 Å². The van der Waals surface area contributed by atoms with Crippen LogP contribution in [0, 0.1) is 0 Å². The quantitative estimate of drug-likeness (QED) is 0.744. The third-order valence-electron chi connectivity index (χ3n) is 2.56. The maximum absolute atomic E-state index is 12.2. The van der Waals surface area contributed by atoms with Crippen molar-refractivity contribution in [1.82, 2.24) is 14.5 Å². The normalized spacial score (nSPS) is 10.6. The molecule has 6 nitrogen and oxygen atoms in total. The lowest BCUT2D eigenvalue weighted by molar-refractivity contribution is -0.143. The summed E-state index contributed by atoms with van der Waals surface area (Å²) in [5.74, 6) is -0.298. The molecule has 0 fully saturated rings. The minimum absolute atomic E-state index is 0.149. The molecule has 0 unspecified atom stereocenters. The summed E-state index contributed by atoms with van der Waals surface area (Å²) in [4.78, 5) is 25.5. The van der Waals surface area contributed by atoms with Gasteiger partial charge in [-0.1, -0.05) is 18.3 Å². The van der Waals surface area contributed by atoms with Crippen LogP contribution in [-0.4, -0.2) is 46.6 Å². The van der Waals surface area contributed by atoms with Crippen molar-refractivity contribution in [3.05, 3.63) is 10.6 Å². The van der Waals surface area contributed by atoms with Crippen molar-refractivity contribution in [2.45, 2.75) is 33.1 Å². The minimum atomic E-state index is -0.298. The molecule has 0 aliphatic rings. The Balaban J connectivity index is 2.61. The number of carbonyl (C=O) groups excluding carboxylic acids is 2. The van der Waals surface area contributed by atoms with Crippen LogP contribution in [0.2, 0.25) is 0 Å². The molecule has 1 amide bonds. The van der Waals surface area contributed by atoms with Crippen molar-refractivity contribution in [2.24, 2.45) is 0 Å². The number of hydrogen-bond acceptors (Lipinski definition) is 6. The van der Waals surface area contributed by atoms with Crippen LogP contribution in [0.25, 0.3) is 0 Å². The fraction of sp³-hybridized carbons (Fsp3) is 0.667. The summed E-state index contributed by atoms with van der Waals surface area (Å²) in [6, 6.07) is 0. The number of hydrogen-bond donors (Lipinski definition) is 0. The second-order valence-corrected chi connectivity index (χ2v) is 5.18. The molecule has 0 aliphatic heterocycles. The van der Waals surface area contributed by atoms with E-state index in [-0.39, 0.29) is 24.2 Å². The van der Waals surface area contributed by atoms with Gasteiger partial charge in [-0.15, -0.1) is 5.10 Å².